The van der Waals surface area contributed by atoms with Crippen molar-refractivity contribution in [2.45, 2.75) is 27.2 Å². The first-order chi connectivity index (χ1) is 5.29. The molecule has 0 aromatic carbocycles. The molecular weight excluding hydrogens is 134 g/mol. The molecule has 0 bridgehead atoms. The fourth-order valence-corrected chi connectivity index (χ4v) is 0.745. The van der Waals surface area contributed by atoms with Crippen molar-refractivity contribution in [3.8, 4) is 0 Å². The van der Waals surface area contributed by atoms with Crippen molar-refractivity contribution in [2.24, 2.45) is 5.73 Å². The molecule has 1 rings (SSSR count). The van der Waals surface area contributed by atoms with Gasteiger partial charge < -0.3 is 5.73 Å². The minimum Gasteiger partial charge on any atom is -0.399 e. The second kappa shape index (κ2) is 5.78. The van der Waals surface area contributed by atoms with E-state index in [0.29, 0.717) is 0 Å². The van der Waals surface area contributed by atoms with Gasteiger partial charge in [-0.1, -0.05) is 37.6 Å². The van der Waals surface area contributed by atoms with Gasteiger partial charge in [-0.05, 0) is 19.4 Å². The van der Waals surface area contributed by atoms with Crippen LogP contribution >= 0.6 is 0 Å². The summed E-state index contributed by atoms with van der Waals surface area (Å²) in [5, 5.41) is 0. The molecule has 0 aromatic heterocycles. The lowest BCUT2D eigenvalue weighted by Crippen LogP contribution is -1.90. The second-order valence-corrected chi connectivity index (χ2v) is 2.22. The van der Waals surface area contributed by atoms with Crippen LogP contribution in [0.4, 0.5) is 0 Å². The molecular formula is C10H17N. The molecule has 0 heterocycles. The van der Waals surface area contributed by atoms with Gasteiger partial charge >= 0.3 is 0 Å². The van der Waals surface area contributed by atoms with Crippen LogP contribution in [0, 0.1) is 0 Å². The van der Waals surface area contributed by atoms with Crippen LogP contribution in [-0.4, -0.2) is 0 Å². The Morgan fingerprint density at radius 1 is 1.18 bits per heavy atom. The quantitative estimate of drug-likeness (QED) is 0.566. The minimum atomic E-state index is 0.864. The van der Waals surface area contributed by atoms with Crippen molar-refractivity contribution >= 4 is 0 Å². The van der Waals surface area contributed by atoms with E-state index in [1.165, 1.54) is 5.57 Å². The third-order valence-electron chi connectivity index (χ3n) is 1.33. The summed E-state index contributed by atoms with van der Waals surface area (Å²) in [6.07, 6.45) is 9.08. The summed E-state index contributed by atoms with van der Waals surface area (Å²) in [4.78, 5) is 0. The van der Waals surface area contributed by atoms with Crippen LogP contribution in [0.1, 0.15) is 27.2 Å². The highest BCUT2D eigenvalue weighted by Crippen LogP contribution is 2.05. The molecule has 1 aliphatic carbocycles. The Balaban J connectivity index is 0.000000461. The molecule has 0 saturated heterocycles. The Morgan fingerprint density at radius 3 is 2.45 bits per heavy atom. The highest BCUT2D eigenvalue weighted by atomic mass is 14.5. The molecule has 0 atom stereocenters. The van der Waals surface area contributed by atoms with E-state index in [-0.39, 0.29) is 0 Å². The average molecular weight is 151 g/mol. The van der Waals surface area contributed by atoms with Gasteiger partial charge in [-0.3, -0.25) is 0 Å². The lowest BCUT2D eigenvalue weighted by molar-refractivity contribution is 1.30. The molecule has 0 saturated carbocycles. The molecule has 0 aliphatic heterocycles. The Labute approximate surface area is 69.3 Å². The van der Waals surface area contributed by atoms with Crippen molar-refractivity contribution in [1.82, 2.24) is 0 Å². The van der Waals surface area contributed by atoms with Gasteiger partial charge in [0.15, 0.2) is 0 Å². The van der Waals surface area contributed by atoms with Gasteiger partial charge in [0.1, 0.15) is 0 Å². The summed E-state index contributed by atoms with van der Waals surface area (Å²) in [6, 6.07) is 0. The van der Waals surface area contributed by atoms with Crippen molar-refractivity contribution < 1.29 is 0 Å². The van der Waals surface area contributed by atoms with E-state index in [9.17, 15) is 0 Å². The number of hydrogen-bond donors (Lipinski definition) is 1. The number of hydrogen-bond acceptors (Lipinski definition) is 1. The Morgan fingerprint density at radius 2 is 1.82 bits per heavy atom. The van der Waals surface area contributed by atoms with Gasteiger partial charge in [-0.25, -0.2) is 0 Å². The van der Waals surface area contributed by atoms with Gasteiger partial charge in [0, 0.05) is 5.70 Å². The van der Waals surface area contributed by atoms with E-state index in [1.54, 1.807) is 0 Å². The van der Waals surface area contributed by atoms with E-state index >= 15 is 0 Å². The van der Waals surface area contributed by atoms with Crippen LogP contribution in [0.2, 0.25) is 0 Å². The molecule has 0 amide bonds. The van der Waals surface area contributed by atoms with Crippen LogP contribution in [0.25, 0.3) is 0 Å². The standard InChI is InChI=1S/C8H11N.C2H6/c1-7-3-2-4-8(9)6-5-7;1-2/h3-6H,2,9H2,1H3;1-2H3. The third-order valence-corrected chi connectivity index (χ3v) is 1.33. The summed E-state index contributed by atoms with van der Waals surface area (Å²) in [5.74, 6) is 0. The molecule has 0 spiro atoms. The third kappa shape index (κ3) is 4.43. The Kier molecular flexibility index (Phi) is 5.26. The van der Waals surface area contributed by atoms with E-state index in [2.05, 4.69) is 13.0 Å². The fraction of sp³-hybridized carbons (Fsp3) is 0.400. The van der Waals surface area contributed by atoms with Gasteiger partial charge in [0.25, 0.3) is 0 Å². The highest BCUT2D eigenvalue weighted by Gasteiger charge is 1.87. The largest absolute Gasteiger partial charge is 0.399 e. The van der Waals surface area contributed by atoms with E-state index in [1.807, 2.05) is 32.1 Å². The molecule has 0 fully saturated rings. The minimum absolute atomic E-state index is 0.864. The SMILES string of the molecule is CC.CC1=CCC=C(N)C=C1. The van der Waals surface area contributed by atoms with Crippen LogP contribution in [0.5, 0.6) is 0 Å². The molecule has 0 radical (unpaired) electrons. The fourth-order valence-electron chi connectivity index (χ4n) is 0.745. The van der Waals surface area contributed by atoms with E-state index < -0.39 is 0 Å². The van der Waals surface area contributed by atoms with Crippen molar-refractivity contribution in [2.75, 3.05) is 0 Å². The zero-order valence-corrected chi connectivity index (χ0v) is 7.59. The lowest BCUT2D eigenvalue weighted by atomic mass is 10.2. The Hall–Kier alpha value is -0.980. The van der Waals surface area contributed by atoms with Crippen LogP contribution in [0.3, 0.4) is 0 Å². The number of allylic oxidation sites excluding steroid dienone is 5. The summed E-state index contributed by atoms with van der Waals surface area (Å²) in [6.45, 7) is 6.07. The Bertz CT molecular complexity index is 165. The molecule has 62 valence electrons. The molecule has 1 aliphatic rings. The van der Waals surface area contributed by atoms with Crippen LogP contribution < -0.4 is 5.73 Å². The first-order valence-electron chi connectivity index (χ1n) is 4.09. The molecule has 0 unspecified atom stereocenters. The molecule has 1 nitrogen and oxygen atoms in total. The van der Waals surface area contributed by atoms with E-state index in [4.69, 9.17) is 5.73 Å². The average Bonchev–Trinajstić information content (AvgIpc) is 2.20. The topological polar surface area (TPSA) is 26.0 Å². The first-order valence-corrected chi connectivity index (χ1v) is 4.09. The zero-order chi connectivity index (χ0) is 8.69. The maximum atomic E-state index is 5.54. The molecule has 2 N–H and O–H groups in total. The maximum absolute atomic E-state index is 5.54. The van der Waals surface area contributed by atoms with Gasteiger partial charge in [0.05, 0.1) is 0 Å². The van der Waals surface area contributed by atoms with Crippen molar-refractivity contribution in [3.63, 3.8) is 0 Å². The first kappa shape index (κ1) is 10.0. The predicted molar refractivity (Wildman–Crippen MR) is 51.1 cm³/mol. The predicted octanol–water partition coefficient (Wildman–Crippen LogP) is 2.76. The smallest absolute Gasteiger partial charge is 0.0276 e. The maximum Gasteiger partial charge on any atom is 0.0276 e. The summed E-state index contributed by atoms with van der Waals surface area (Å²) >= 11 is 0. The van der Waals surface area contributed by atoms with Crippen molar-refractivity contribution in [3.05, 3.63) is 35.6 Å². The van der Waals surface area contributed by atoms with E-state index in [0.717, 1.165) is 12.1 Å². The van der Waals surface area contributed by atoms with Crippen LogP contribution in [-0.2, 0) is 0 Å². The normalized spacial score (nSPS) is 15.5. The summed E-state index contributed by atoms with van der Waals surface area (Å²) in [5.41, 5.74) is 7.69. The van der Waals surface area contributed by atoms with Gasteiger partial charge in [-0.2, -0.15) is 0 Å². The van der Waals surface area contributed by atoms with Gasteiger partial charge in [-0.15, -0.1) is 0 Å². The molecule has 0 aromatic rings. The summed E-state index contributed by atoms with van der Waals surface area (Å²) in [7, 11) is 0. The highest BCUT2D eigenvalue weighted by molar-refractivity contribution is 5.28. The lowest BCUT2D eigenvalue weighted by Gasteiger charge is -1.84. The zero-order valence-electron chi connectivity index (χ0n) is 7.59. The number of rotatable bonds is 0. The summed E-state index contributed by atoms with van der Waals surface area (Å²) < 4.78 is 0. The van der Waals surface area contributed by atoms with Crippen LogP contribution in [0.15, 0.2) is 35.6 Å². The molecule has 1 heteroatoms. The monoisotopic (exact) mass is 151 g/mol. The van der Waals surface area contributed by atoms with Gasteiger partial charge in [0.2, 0.25) is 0 Å². The molecule has 11 heavy (non-hydrogen) atoms. The second-order valence-electron chi connectivity index (χ2n) is 2.22. The number of nitrogens with two attached hydrogens (primary N) is 1. The van der Waals surface area contributed by atoms with Crippen molar-refractivity contribution in [1.29, 1.82) is 0 Å².